The quantitative estimate of drug-likeness (QED) is 0.319. The van der Waals surface area contributed by atoms with Gasteiger partial charge in [-0.3, -0.25) is 9.59 Å². The first-order chi connectivity index (χ1) is 7.77. The number of hydrogen-bond acceptors (Lipinski definition) is 4. The van der Waals surface area contributed by atoms with E-state index in [-0.39, 0.29) is 36.2 Å². The predicted molar refractivity (Wildman–Crippen MR) is 47.4 cm³/mol. The number of rotatable bonds is 2. The number of hydrogen-bond donors (Lipinski definition) is 0. The van der Waals surface area contributed by atoms with Gasteiger partial charge in [-0.2, -0.15) is 13.2 Å². The fourth-order valence-corrected chi connectivity index (χ4v) is 1.66. The van der Waals surface area contributed by atoms with E-state index in [9.17, 15) is 27.9 Å². The molecule has 1 rings (SSSR count). The molecule has 0 fully saturated rings. The van der Waals surface area contributed by atoms with Gasteiger partial charge in [0.15, 0.2) is 5.78 Å². The van der Waals surface area contributed by atoms with Crippen molar-refractivity contribution in [2.45, 2.75) is 19.5 Å². The monoisotopic (exact) mass is 274 g/mol. The van der Waals surface area contributed by atoms with Gasteiger partial charge in [0.25, 0.3) is 0 Å². The first-order valence-electron chi connectivity index (χ1n) is 4.92. The molecule has 1 aliphatic carbocycles. The van der Waals surface area contributed by atoms with Crippen LogP contribution in [0.2, 0.25) is 0 Å². The minimum atomic E-state index is -4.78. The third kappa shape index (κ3) is 4.00. The Bertz CT molecular complexity index is 365. The Labute approximate surface area is 123 Å². The summed E-state index contributed by atoms with van der Waals surface area (Å²) in [4.78, 5) is 22.6. The number of ether oxygens (including phenoxy) is 1. The summed E-state index contributed by atoms with van der Waals surface area (Å²) in [5, 5.41) is 10.9. The maximum Gasteiger partial charge on any atom is 1.00 e. The topological polar surface area (TPSA) is 66.4 Å². The first kappa shape index (κ1) is 17.5. The van der Waals surface area contributed by atoms with Crippen LogP contribution in [0, 0.1) is 11.8 Å². The molecule has 4 nitrogen and oxygen atoms in total. The molecule has 0 aliphatic heterocycles. The van der Waals surface area contributed by atoms with Crippen molar-refractivity contribution in [1.29, 1.82) is 0 Å². The minimum absolute atomic E-state index is 0. The number of carbonyl (C=O) groups is 2. The molecule has 0 radical (unpaired) electrons. The molecule has 0 heterocycles. The largest absolute Gasteiger partial charge is 1.00 e. The molecule has 8 heteroatoms. The van der Waals surface area contributed by atoms with Crippen molar-refractivity contribution in [3.8, 4) is 0 Å². The Morgan fingerprint density at radius 1 is 1.56 bits per heavy atom. The summed E-state index contributed by atoms with van der Waals surface area (Å²) >= 11 is 0. The summed E-state index contributed by atoms with van der Waals surface area (Å²) in [5.41, 5.74) is 0. The number of carbonyl (C=O) groups excluding carboxylic acids is 2. The second kappa shape index (κ2) is 6.58. The van der Waals surface area contributed by atoms with E-state index in [1.165, 1.54) is 6.92 Å². The summed E-state index contributed by atoms with van der Waals surface area (Å²) in [7, 11) is 0. The van der Waals surface area contributed by atoms with Crippen molar-refractivity contribution >= 4 is 11.8 Å². The summed E-state index contributed by atoms with van der Waals surface area (Å²) in [5.74, 6) is -7.53. The standard InChI is InChI=1S/C10H11F3O4.Na/c1-2-17-9(16)8-6(10(11,12)13)3-5(14)4-7(8)15;/h4,6,8,14H,2-3H2,1H3;/q;+1/p-1. The molecule has 0 aromatic carbocycles. The molecule has 0 N–H and O–H groups in total. The maximum atomic E-state index is 12.6. The van der Waals surface area contributed by atoms with Gasteiger partial charge in [-0.1, -0.05) is 0 Å². The third-order valence-corrected chi connectivity index (χ3v) is 2.39. The maximum absolute atomic E-state index is 12.6. The Morgan fingerprint density at radius 3 is 2.56 bits per heavy atom. The third-order valence-electron chi connectivity index (χ3n) is 2.39. The SMILES string of the molecule is CCOC(=O)C1C(=O)C=C([O-])CC1C(F)(F)F.[Na+]. The van der Waals surface area contributed by atoms with E-state index in [1.54, 1.807) is 0 Å². The summed E-state index contributed by atoms with van der Waals surface area (Å²) in [6, 6.07) is 0. The summed E-state index contributed by atoms with van der Waals surface area (Å²) in [6.07, 6.45) is -5.14. The van der Waals surface area contributed by atoms with Gasteiger partial charge in [0.1, 0.15) is 5.92 Å². The average molecular weight is 274 g/mol. The fourth-order valence-electron chi connectivity index (χ4n) is 1.66. The molecule has 0 amide bonds. The van der Waals surface area contributed by atoms with Crippen LogP contribution < -0.4 is 34.7 Å². The molecule has 96 valence electrons. The fraction of sp³-hybridized carbons (Fsp3) is 0.600. The number of esters is 1. The van der Waals surface area contributed by atoms with Gasteiger partial charge in [-0.25, -0.2) is 0 Å². The van der Waals surface area contributed by atoms with E-state index >= 15 is 0 Å². The Hall–Kier alpha value is -0.530. The van der Waals surface area contributed by atoms with Crippen LogP contribution in [-0.2, 0) is 14.3 Å². The zero-order valence-corrected chi connectivity index (χ0v) is 11.9. The van der Waals surface area contributed by atoms with Gasteiger partial charge < -0.3 is 9.84 Å². The van der Waals surface area contributed by atoms with Crippen LogP contribution in [0.3, 0.4) is 0 Å². The van der Waals surface area contributed by atoms with E-state index in [0.29, 0.717) is 6.08 Å². The molecule has 0 spiro atoms. The van der Waals surface area contributed by atoms with Crippen molar-refractivity contribution in [1.82, 2.24) is 0 Å². The van der Waals surface area contributed by atoms with Crippen LogP contribution in [0.4, 0.5) is 13.2 Å². The van der Waals surface area contributed by atoms with E-state index in [0.717, 1.165) is 0 Å². The Balaban J connectivity index is 0.00000289. The van der Waals surface area contributed by atoms with Gasteiger partial charge in [-0.15, -0.1) is 5.76 Å². The van der Waals surface area contributed by atoms with Crippen LogP contribution in [0.25, 0.3) is 0 Å². The van der Waals surface area contributed by atoms with Crippen LogP contribution in [-0.4, -0.2) is 24.5 Å². The van der Waals surface area contributed by atoms with E-state index in [1.807, 2.05) is 0 Å². The zero-order chi connectivity index (χ0) is 13.2. The van der Waals surface area contributed by atoms with E-state index in [4.69, 9.17) is 0 Å². The second-order valence-corrected chi connectivity index (χ2v) is 3.59. The molecule has 1 aliphatic rings. The Morgan fingerprint density at radius 2 is 2.11 bits per heavy atom. The van der Waals surface area contributed by atoms with Gasteiger partial charge in [-0.05, 0) is 19.4 Å². The number of alkyl halides is 3. The van der Waals surface area contributed by atoms with Gasteiger partial charge in [0.2, 0.25) is 0 Å². The molecule has 2 unspecified atom stereocenters. The molecule has 0 saturated carbocycles. The molecule has 0 aromatic rings. The summed E-state index contributed by atoms with van der Waals surface area (Å²) < 4.78 is 42.3. The first-order valence-corrected chi connectivity index (χ1v) is 4.92. The molecular formula is C10H10F3NaO4. The summed E-state index contributed by atoms with van der Waals surface area (Å²) in [6.45, 7) is 1.30. The van der Waals surface area contributed by atoms with Crippen LogP contribution >= 0.6 is 0 Å². The van der Waals surface area contributed by atoms with Crippen molar-refractivity contribution in [3.05, 3.63) is 11.8 Å². The average Bonchev–Trinajstić information content (AvgIpc) is 2.15. The van der Waals surface area contributed by atoms with Crippen molar-refractivity contribution in [3.63, 3.8) is 0 Å². The van der Waals surface area contributed by atoms with Crippen molar-refractivity contribution in [2.24, 2.45) is 11.8 Å². The number of ketones is 1. The second-order valence-electron chi connectivity index (χ2n) is 3.59. The van der Waals surface area contributed by atoms with Gasteiger partial charge in [0.05, 0.1) is 12.5 Å². The number of allylic oxidation sites excluding steroid dienone is 2. The smallest absolute Gasteiger partial charge is 0.875 e. The van der Waals surface area contributed by atoms with Gasteiger partial charge >= 0.3 is 41.7 Å². The molecular weight excluding hydrogens is 264 g/mol. The van der Waals surface area contributed by atoms with Gasteiger partial charge in [0, 0.05) is 0 Å². The van der Waals surface area contributed by atoms with Crippen molar-refractivity contribution in [2.75, 3.05) is 6.61 Å². The normalized spacial score (nSPS) is 24.0. The number of halogens is 3. The van der Waals surface area contributed by atoms with E-state index in [2.05, 4.69) is 4.74 Å². The molecule has 2 atom stereocenters. The Kier molecular flexibility index (Phi) is 6.39. The van der Waals surface area contributed by atoms with Crippen molar-refractivity contribution < 1.29 is 62.2 Å². The van der Waals surface area contributed by atoms with Crippen LogP contribution in [0.15, 0.2) is 11.8 Å². The zero-order valence-electron chi connectivity index (χ0n) is 9.91. The molecule has 0 aromatic heterocycles. The van der Waals surface area contributed by atoms with Crippen LogP contribution in [0.5, 0.6) is 0 Å². The molecule has 18 heavy (non-hydrogen) atoms. The predicted octanol–water partition coefficient (Wildman–Crippen LogP) is -2.43. The molecule has 0 bridgehead atoms. The minimum Gasteiger partial charge on any atom is -0.875 e. The molecule has 0 saturated heterocycles. The van der Waals surface area contributed by atoms with Crippen LogP contribution in [0.1, 0.15) is 13.3 Å². The van der Waals surface area contributed by atoms with E-state index < -0.39 is 41.9 Å².